The van der Waals surface area contributed by atoms with Crippen molar-refractivity contribution in [1.29, 1.82) is 0 Å². The number of hydrogen-bond acceptors (Lipinski definition) is 4. The minimum Gasteiger partial charge on any atom is -0.409 e. The number of aryl methyl sites for hydroxylation is 1. The van der Waals surface area contributed by atoms with E-state index in [2.05, 4.69) is 35.2 Å². The van der Waals surface area contributed by atoms with Gasteiger partial charge in [0.05, 0.1) is 6.42 Å². The van der Waals surface area contributed by atoms with Crippen LogP contribution in [0, 0.1) is 6.92 Å². The Bertz CT molecular complexity index is 508. The summed E-state index contributed by atoms with van der Waals surface area (Å²) in [6.45, 7) is 4.98. The van der Waals surface area contributed by atoms with Crippen LogP contribution in [0.25, 0.3) is 0 Å². The monoisotopic (exact) mass is 276 g/mol. The summed E-state index contributed by atoms with van der Waals surface area (Å²) in [4.78, 5) is 15.9. The lowest BCUT2D eigenvalue weighted by molar-refractivity contribution is -0.130. The molecule has 0 aliphatic carbocycles. The topological polar surface area (TPSA) is 82.2 Å². The first-order valence-corrected chi connectivity index (χ1v) is 6.66. The highest BCUT2D eigenvalue weighted by Crippen LogP contribution is 2.17. The highest BCUT2D eigenvalue weighted by molar-refractivity contribution is 5.98. The first-order chi connectivity index (χ1) is 9.60. The van der Waals surface area contributed by atoms with E-state index in [1.54, 1.807) is 4.90 Å². The molecule has 0 bridgehead atoms. The van der Waals surface area contributed by atoms with Gasteiger partial charge in [0, 0.05) is 31.9 Å². The number of amidine groups is 1. The molecule has 0 saturated carbocycles. The lowest BCUT2D eigenvalue weighted by Crippen LogP contribution is -2.49. The summed E-state index contributed by atoms with van der Waals surface area (Å²) in [5.41, 5.74) is 7.78. The number of piperazine rings is 1. The van der Waals surface area contributed by atoms with Crippen LogP contribution in [-0.4, -0.2) is 48.0 Å². The van der Waals surface area contributed by atoms with Crippen molar-refractivity contribution in [2.75, 3.05) is 31.1 Å². The van der Waals surface area contributed by atoms with E-state index >= 15 is 0 Å². The van der Waals surface area contributed by atoms with Crippen LogP contribution in [0.15, 0.2) is 29.4 Å². The molecular formula is C14H20N4O2. The van der Waals surface area contributed by atoms with Crippen LogP contribution in [0.1, 0.15) is 12.0 Å². The van der Waals surface area contributed by atoms with E-state index < -0.39 is 0 Å². The van der Waals surface area contributed by atoms with Gasteiger partial charge in [0.25, 0.3) is 0 Å². The maximum atomic E-state index is 11.9. The first kappa shape index (κ1) is 14.2. The van der Waals surface area contributed by atoms with Crippen LogP contribution in [-0.2, 0) is 4.79 Å². The second kappa shape index (κ2) is 6.27. The number of rotatable bonds is 3. The van der Waals surface area contributed by atoms with Crippen molar-refractivity contribution in [3.63, 3.8) is 0 Å². The Hall–Kier alpha value is -2.24. The molecule has 6 nitrogen and oxygen atoms in total. The number of carbonyl (C=O) groups is 1. The van der Waals surface area contributed by atoms with Gasteiger partial charge < -0.3 is 20.7 Å². The van der Waals surface area contributed by atoms with E-state index in [1.165, 1.54) is 11.3 Å². The molecule has 0 spiro atoms. The minimum absolute atomic E-state index is 0.0268. The maximum Gasteiger partial charge on any atom is 0.230 e. The molecule has 0 unspecified atom stereocenters. The second-order valence-corrected chi connectivity index (χ2v) is 4.97. The predicted molar refractivity (Wildman–Crippen MR) is 78.0 cm³/mol. The molecule has 1 aliphatic rings. The molecule has 1 aliphatic heterocycles. The molecule has 1 aromatic rings. The SMILES string of the molecule is Cc1cccc(N2CCN(C(=O)C/C(N)=N/O)CC2)c1. The molecule has 2 rings (SSSR count). The van der Waals surface area contributed by atoms with Crippen molar-refractivity contribution in [3.8, 4) is 0 Å². The third kappa shape index (κ3) is 3.40. The van der Waals surface area contributed by atoms with Crippen LogP contribution >= 0.6 is 0 Å². The van der Waals surface area contributed by atoms with E-state index in [0.717, 1.165) is 13.1 Å². The smallest absolute Gasteiger partial charge is 0.230 e. The summed E-state index contributed by atoms with van der Waals surface area (Å²) >= 11 is 0. The van der Waals surface area contributed by atoms with Crippen molar-refractivity contribution in [2.45, 2.75) is 13.3 Å². The Labute approximate surface area is 118 Å². The van der Waals surface area contributed by atoms with Crippen LogP contribution < -0.4 is 10.6 Å². The highest BCUT2D eigenvalue weighted by Gasteiger charge is 2.21. The summed E-state index contributed by atoms with van der Waals surface area (Å²) in [5.74, 6) is -0.139. The molecule has 3 N–H and O–H groups in total. The number of nitrogens with zero attached hydrogens (tertiary/aromatic N) is 3. The van der Waals surface area contributed by atoms with Gasteiger partial charge in [-0.1, -0.05) is 17.3 Å². The average molecular weight is 276 g/mol. The molecule has 0 aromatic heterocycles. The van der Waals surface area contributed by atoms with Gasteiger partial charge in [-0.25, -0.2) is 0 Å². The number of benzene rings is 1. The lowest BCUT2D eigenvalue weighted by atomic mass is 10.2. The zero-order valence-electron chi connectivity index (χ0n) is 11.6. The van der Waals surface area contributed by atoms with Crippen LogP contribution in [0.2, 0.25) is 0 Å². The van der Waals surface area contributed by atoms with Gasteiger partial charge in [0.15, 0.2) is 0 Å². The van der Waals surface area contributed by atoms with E-state index in [-0.39, 0.29) is 18.2 Å². The standard InChI is InChI=1S/C14H20N4O2/c1-11-3-2-4-12(9-11)17-5-7-18(8-6-17)14(19)10-13(15)16-20/h2-4,9,20H,5-8,10H2,1H3,(H2,15,16). The Morgan fingerprint density at radius 3 is 2.65 bits per heavy atom. The number of amides is 1. The average Bonchev–Trinajstić information content (AvgIpc) is 2.47. The van der Waals surface area contributed by atoms with Gasteiger partial charge in [-0.05, 0) is 24.6 Å². The summed E-state index contributed by atoms with van der Waals surface area (Å²) < 4.78 is 0. The molecule has 1 fully saturated rings. The number of hydrogen-bond donors (Lipinski definition) is 2. The fraction of sp³-hybridized carbons (Fsp3) is 0.429. The molecule has 0 atom stereocenters. The lowest BCUT2D eigenvalue weighted by Gasteiger charge is -2.36. The zero-order valence-corrected chi connectivity index (χ0v) is 11.6. The Morgan fingerprint density at radius 1 is 1.35 bits per heavy atom. The second-order valence-electron chi connectivity index (χ2n) is 4.97. The summed E-state index contributed by atoms with van der Waals surface area (Å²) in [6, 6.07) is 8.34. The van der Waals surface area contributed by atoms with E-state index in [4.69, 9.17) is 10.9 Å². The van der Waals surface area contributed by atoms with Gasteiger partial charge in [0.1, 0.15) is 5.84 Å². The molecule has 1 saturated heterocycles. The predicted octanol–water partition coefficient (Wildman–Crippen LogP) is 0.780. The first-order valence-electron chi connectivity index (χ1n) is 6.66. The van der Waals surface area contributed by atoms with E-state index in [0.29, 0.717) is 13.1 Å². The number of oxime groups is 1. The third-order valence-electron chi connectivity index (χ3n) is 3.46. The molecule has 6 heteroatoms. The maximum absolute atomic E-state index is 11.9. The van der Waals surface area contributed by atoms with Crippen molar-refractivity contribution >= 4 is 17.4 Å². The van der Waals surface area contributed by atoms with Crippen LogP contribution in [0.5, 0.6) is 0 Å². The van der Waals surface area contributed by atoms with Gasteiger partial charge in [0.2, 0.25) is 5.91 Å². The Morgan fingerprint density at radius 2 is 2.05 bits per heavy atom. The zero-order chi connectivity index (χ0) is 14.5. The molecular weight excluding hydrogens is 256 g/mol. The number of carbonyl (C=O) groups excluding carboxylic acids is 1. The molecule has 108 valence electrons. The van der Waals surface area contributed by atoms with Crippen LogP contribution in [0.3, 0.4) is 0 Å². The highest BCUT2D eigenvalue weighted by atomic mass is 16.4. The Balaban J connectivity index is 1.91. The normalized spacial score (nSPS) is 16.4. The fourth-order valence-corrected chi connectivity index (χ4v) is 2.34. The fourth-order valence-electron chi connectivity index (χ4n) is 2.34. The van der Waals surface area contributed by atoms with Crippen molar-refractivity contribution < 1.29 is 10.0 Å². The quantitative estimate of drug-likeness (QED) is 0.370. The van der Waals surface area contributed by atoms with Crippen LogP contribution in [0.4, 0.5) is 5.69 Å². The van der Waals surface area contributed by atoms with Crippen molar-refractivity contribution in [3.05, 3.63) is 29.8 Å². The van der Waals surface area contributed by atoms with E-state index in [1.807, 2.05) is 6.07 Å². The van der Waals surface area contributed by atoms with Gasteiger partial charge >= 0.3 is 0 Å². The van der Waals surface area contributed by atoms with E-state index in [9.17, 15) is 4.79 Å². The van der Waals surface area contributed by atoms with Gasteiger partial charge in [-0.3, -0.25) is 4.79 Å². The third-order valence-corrected chi connectivity index (χ3v) is 3.46. The Kier molecular flexibility index (Phi) is 4.45. The number of nitrogens with two attached hydrogens (primary N) is 1. The molecule has 1 heterocycles. The summed E-state index contributed by atoms with van der Waals surface area (Å²) in [6.07, 6.45) is -0.0268. The summed E-state index contributed by atoms with van der Waals surface area (Å²) in [7, 11) is 0. The molecule has 0 radical (unpaired) electrons. The van der Waals surface area contributed by atoms with Gasteiger partial charge in [-0.2, -0.15) is 0 Å². The molecule has 20 heavy (non-hydrogen) atoms. The minimum atomic E-state index is -0.0933. The van der Waals surface area contributed by atoms with Crippen molar-refractivity contribution in [2.24, 2.45) is 10.9 Å². The molecule has 1 aromatic carbocycles. The van der Waals surface area contributed by atoms with Crippen molar-refractivity contribution in [1.82, 2.24) is 4.90 Å². The van der Waals surface area contributed by atoms with Gasteiger partial charge in [-0.15, -0.1) is 0 Å². The molecule has 1 amide bonds. The number of anilines is 1. The largest absolute Gasteiger partial charge is 0.409 e. The summed E-state index contributed by atoms with van der Waals surface area (Å²) in [5, 5.41) is 11.3.